The van der Waals surface area contributed by atoms with E-state index in [4.69, 9.17) is 16.0 Å². The number of para-hydroxylation sites is 1. The molecule has 0 aliphatic carbocycles. The molecule has 1 aromatic heterocycles. The Labute approximate surface area is 111 Å². The van der Waals surface area contributed by atoms with Crippen molar-refractivity contribution in [2.24, 2.45) is 0 Å². The molecule has 0 aliphatic heterocycles. The summed E-state index contributed by atoms with van der Waals surface area (Å²) in [5.74, 6) is 1.91. The number of aliphatic hydroxyl groups is 1. The van der Waals surface area contributed by atoms with Crippen LogP contribution in [0, 0.1) is 6.92 Å². The molecular formula is C14H16ClNO2. The molecule has 1 unspecified atom stereocenters. The lowest BCUT2D eigenvalue weighted by molar-refractivity contribution is 0.211. The summed E-state index contributed by atoms with van der Waals surface area (Å²) in [6.45, 7) is 2.33. The van der Waals surface area contributed by atoms with Crippen molar-refractivity contribution in [1.82, 2.24) is 0 Å². The maximum absolute atomic E-state index is 9.47. The van der Waals surface area contributed by atoms with E-state index < -0.39 is 6.10 Å². The van der Waals surface area contributed by atoms with E-state index in [0.717, 1.165) is 22.8 Å². The summed E-state index contributed by atoms with van der Waals surface area (Å²) in [5, 5.41) is 12.6. The number of hydrogen-bond donors (Lipinski definition) is 2. The quantitative estimate of drug-likeness (QED) is 0.816. The summed E-state index contributed by atoms with van der Waals surface area (Å²) < 4.78 is 5.61. The van der Waals surface area contributed by atoms with Gasteiger partial charge in [-0.3, -0.25) is 0 Å². The van der Waals surface area contributed by atoms with Gasteiger partial charge in [-0.2, -0.15) is 0 Å². The Bertz CT molecular complexity index is 510. The minimum Gasteiger partial charge on any atom is -0.461 e. The van der Waals surface area contributed by atoms with Crippen molar-refractivity contribution >= 4 is 17.3 Å². The fourth-order valence-electron chi connectivity index (χ4n) is 1.71. The molecule has 0 bridgehead atoms. The highest BCUT2D eigenvalue weighted by Gasteiger charge is 2.09. The van der Waals surface area contributed by atoms with E-state index in [0.29, 0.717) is 6.54 Å². The summed E-state index contributed by atoms with van der Waals surface area (Å²) in [7, 11) is 0. The second-order valence-electron chi connectivity index (χ2n) is 4.14. The lowest BCUT2D eigenvalue weighted by atomic mass is 10.1. The third-order valence-electron chi connectivity index (χ3n) is 2.64. The van der Waals surface area contributed by atoms with E-state index in [1.54, 1.807) is 0 Å². The summed E-state index contributed by atoms with van der Waals surface area (Å²) in [6, 6.07) is 11.7. The van der Waals surface area contributed by atoms with Gasteiger partial charge in [-0.25, -0.2) is 0 Å². The van der Waals surface area contributed by atoms with Crippen molar-refractivity contribution in [2.45, 2.75) is 13.0 Å². The van der Waals surface area contributed by atoms with Gasteiger partial charge in [-0.05, 0) is 31.2 Å². The highest BCUT2D eigenvalue weighted by Crippen LogP contribution is 2.29. The first-order chi connectivity index (χ1) is 8.70. The Morgan fingerprint density at radius 2 is 2.06 bits per heavy atom. The van der Waals surface area contributed by atoms with Crippen LogP contribution in [0.2, 0.25) is 0 Å². The van der Waals surface area contributed by atoms with Crippen LogP contribution in [0.5, 0.6) is 0 Å². The minimum absolute atomic E-state index is 0.217. The van der Waals surface area contributed by atoms with Crippen LogP contribution in [0.3, 0.4) is 0 Å². The van der Waals surface area contributed by atoms with Crippen molar-refractivity contribution in [3.8, 4) is 11.3 Å². The Morgan fingerprint density at radius 3 is 2.72 bits per heavy atom. The maximum Gasteiger partial charge on any atom is 0.136 e. The van der Waals surface area contributed by atoms with Crippen LogP contribution in [0.1, 0.15) is 5.76 Å². The molecule has 2 rings (SSSR count). The number of aryl methyl sites for hydroxylation is 1. The third kappa shape index (κ3) is 3.06. The van der Waals surface area contributed by atoms with Crippen molar-refractivity contribution < 1.29 is 9.52 Å². The molecular weight excluding hydrogens is 250 g/mol. The van der Waals surface area contributed by atoms with Gasteiger partial charge in [0.1, 0.15) is 11.5 Å². The van der Waals surface area contributed by atoms with Crippen molar-refractivity contribution in [3.05, 3.63) is 42.2 Å². The second kappa shape index (κ2) is 5.94. The number of hydrogen-bond acceptors (Lipinski definition) is 3. The van der Waals surface area contributed by atoms with Gasteiger partial charge in [0.05, 0.1) is 12.0 Å². The lowest BCUT2D eigenvalue weighted by Gasteiger charge is -2.12. The molecule has 0 radical (unpaired) electrons. The van der Waals surface area contributed by atoms with Gasteiger partial charge < -0.3 is 14.8 Å². The fraction of sp³-hybridized carbons (Fsp3) is 0.286. The van der Waals surface area contributed by atoms with E-state index in [9.17, 15) is 5.11 Å². The standard InChI is InChI=1S/C14H16ClNO2/c1-10-6-7-14(18-10)12-4-2-3-5-13(12)16-9-11(17)8-15/h2-7,11,16-17H,8-9H2,1H3. The van der Waals surface area contributed by atoms with E-state index in [1.165, 1.54) is 0 Å². The van der Waals surface area contributed by atoms with Crippen LogP contribution in [-0.2, 0) is 0 Å². The number of rotatable bonds is 5. The highest BCUT2D eigenvalue weighted by molar-refractivity contribution is 6.18. The highest BCUT2D eigenvalue weighted by atomic mass is 35.5. The van der Waals surface area contributed by atoms with Gasteiger partial charge in [0, 0.05) is 17.8 Å². The Balaban J connectivity index is 2.20. The van der Waals surface area contributed by atoms with Crippen LogP contribution in [0.4, 0.5) is 5.69 Å². The van der Waals surface area contributed by atoms with Gasteiger partial charge in [-0.15, -0.1) is 11.6 Å². The van der Waals surface area contributed by atoms with Crippen molar-refractivity contribution in [1.29, 1.82) is 0 Å². The van der Waals surface area contributed by atoms with Crippen LogP contribution in [-0.4, -0.2) is 23.6 Å². The number of nitrogens with one attached hydrogen (secondary N) is 1. The number of benzene rings is 1. The molecule has 0 saturated heterocycles. The summed E-state index contributed by atoms with van der Waals surface area (Å²) in [6.07, 6.45) is -0.557. The number of alkyl halides is 1. The predicted octanol–water partition coefficient (Wildman–Crippen LogP) is 3.27. The normalized spacial score (nSPS) is 12.4. The first-order valence-corrected chi connectivity index (χ1v) is 6.38. The molecule has 0 spiro atoms. The van der Waals surface area contributed by atoms with Crippen molar-refractivity contribution in [3.63, 3.8) is 0 Å². The SMILES string of the molecule is Cc1ccc(-c2ccccc2NCC(O)CCl)o1. The predicted molar refractivity (Wildman–Crippen MR) is 74.1 cm³/mol. The molecule has 0 saturated carbocycles. The largest absolute Gasteiger partial charge is 0.461 e. The number of halogens is 1. The van der Waals surface area contributed by atoms with E-state index >= 15 is 0 Å². The van der Waals surface area contributed by atoms with Gasteiger partial charge in [-0.1, -0.05) is 12.1 Å². The minimum atomic E-state index is -0.557. The molecule has 1 atom stereocenters. The lowest BCUT2D eigenvalue weighted by Crippen LogP contribution is -2.20. The van der Waals surface area contributed by atoms with Gasteiger partial charge in [0.2, 0.25) is 0 Å². The molecule has 3 nitrogen and oxygen atoms in total. The third-order valence-corrected chi connectivity index (χ3v) is 3.00. The Morgan fingerprint density at radius 1 is 1.28 bits per heavy atom. The molecule has 1 aromatic carbocycles. The molecule has 2 aromatic rings. The van der Waals surface area contributed by atoms with Crippen LogP contribution in [0.25, 0.3) is 11.3 Å². The molecule has 0 amide bonds. The van der Waals surface area contributed by atoms with Gasteiger partial charge in [0.25, 0.3) is 0 Å². The summed E-state index contributed by atoms with van der Waals surface area (Å²) in [5.41, 5.74) is 1.91. The zero-order chi connectivity index (χ0) is 13.0. The van der Waals surface area contributed by atoms with Gasteiger partial charge in [0.15, 0.2) is 0 Å². The van der Waals surface area contributed by atoms with Crippen LogP contribution < -0.4 is 5.32 Å². The van der Waals surface area contributed by atoms with E-state index in [1.807, 2.05) is 43.3 Å². The molecule has 0 aliphatic rings. The molecule has 4 heteroatoms. The summed E-state index contributed by atoms with van der Waals surface area (Å²) >= 11 is 5.57. The van der Waals surface area contributed by atoms with Crippen molar-refractivity contribution in [2.75, 3.05) is 17.7 Å². The Kier molecular flexibility index (Phi) is 4.28. The van der Waals surface area contributed by atoms with E-state index in [-0.39, 0.29) is 5.88 Å². The molecule has 18 heavy (non-hydrogen) atoms. The first kappa shape index (κ1) is 13.0. The first-order valence-electron chi connectivity index (χ1n) is 5.84. The van der Waals surface area contributed by atoms with E-state index in [2.05, 4.69) is 5.32 Å². The smallest absolute Gasteiger partial charge is 0.136 e. The maximum atomic E-state index is 9.47. The number of aliphatic hydroxyl groups excluding tert-OH is 1. The fourth-order valence-corrected chi connectivity index (χ4v) is 1.82. The second-order valence-corrected chi connectivity index (χ2v) is 4.45. The monoisotopic (exact) mass is 265 g/mol. The van der Waals surface area contributed by atoms with Crippen LogP contribution >= 0.6 is 11.6 Å². The number of anilines is 1. The molecule has 2 N–H and O–H groups in total. The summed E-state index contributed by atoms with van der Waals surface area (Å²) in [4.78, 5) is 0. The average molecular weight is 266 g/mol. The molecule has 0 fully saturated rings. The number of furan rings is 1. The van der Waals surface area contributed by atoms with Gasteiger partial charge >= 0.3 is 0 Å². The zero-order valence-corrected chi connectivity index (χ0v) is 10.9. The Hall–Kier alpha value is -1.45. The zero-order valence-electron chi connectivity index (χ0n) is 10.2. The van der Waals surface area contributed by atoms with Crippen LogP contribution in [0.15, 0.2) is 40.8 Å². The average Bonchev–Trinajstić information content (AvgIpc) is 2.83. The molecule has 1 heterocycles. The molecule has 96 valence electrons. The topological polar surface area (TPSA) is 45.4 Å².